The van der Waals surface area contributed by atoms with Crippen LogP contribution in [-0.4, -0.2) is 4.92 Å². The number of hydrogen-bond acceptors (Lipinski definition) is 4. The maximum atomic E-state index is 10.7. The molecule has 0 saturated heterocycles. The maximum absolute atomic E-state index is 10.7. The van der Waals surface area contributed by atoms with Gasteiger partial charge in [-0.3, -0.25) is 10.1 Å². The first-order valence-electron chi connectivity index (χ1n) is 5.85. The molecule has 0 radical (unpaired) electrons. The van der Waals surface area contributed by atoms with Gasteiger partial charge in [0, 0.05) is 26.3 Å². The monoisotopic (exact) mass is 388 g/mol. The van der Waals surface area contributed by atoms with Gasteiger partial charge in [0.05, 0.1) is 11.0 Å². The molecule has 4 nitrogen and oxygen atoms in total. The van der Waals surface area contributed by atoms with E-state index in [1.54, 1.807) is 23.5 Å². The zero-order valence-electron chi connectivity index (χ0n) is 10.3. The zero-order valence-corrected chi connectivity index (χ0v) is 13.3. The second-order valence-electron chi connectivity index (χ2n) is 4.04. The van der Waals surface area contributed by atoms with Gasteiger partial charge in [-0.05, 0) is 46.5 Å². The van der Waals surface area contributed by atoms with Gasteiger partial charge in [0.2, 0.25) is 0 Å². The number of nitro benzene ring substituents is 1. The Morgan fingerprint density at radius 1 is 1.47 bits per heavy atom. The highest BCUT2D eigenvalue weighted by atomic mass is 127. The summed E-state index contributed by atoms with van der Waals surface area (Å²) >= 11 is 3.84. The van der Waals surface area contributed by atoms with E-state index in [1.165, 1.54) is 10.9 Å². The number of halogens is 1. The molecule has 2 aromatic rings. The van der Waals surface area contributed by atoms with E-state index in [4.69, 9.17) is 0 Å². The van der Waals surface area contributed by atoms with Crippen molar-refractivity contribution in [2.75, 3.05) is 5.32 Å². The second kappa shape index (κ2) is 6.33. The van der Waals surface area contributed by atoms with Gasteiger partial charge >= 0.3 is 0 Å². The number of nitrogens with one attached hydrogen (secondary N) is 1. The minimum atomic E-state index is -0.373. The molecule has 19 heavy (non-hydrogen) atoms. The van der Waals surface area contributed by atoms with Crippen molar-refractivity contribution in [2.45, 2.75) is 19.4 Å². The fourth-order valence-electron chi connectivity index (χ4n) is 1.79. The smallest absolute Gasteiger partial charge is 0.270 e. The Kier molecular flexibility index (Phi) is 4.76. The largest absolute Gasteiger partial charge is 0.377 e. The summed E-state index contributed by atoms with van der Waals surface area (Å²) in [6, 6.07) is 9.27. The summed E-state index contributed by atoms with van der Waals surface area (Å²) in [6.07, 6.45) is 0.966. The highest BCUT2D eigenvalue weighted by Gasteiger charge is 2.14. The van der Waals surface area contributed by atoms with E-state index < -0.39 is 0 Å². The van der Waals surface area contributed by atoms with E-state index in [9.17, 15) is 10.1 Å². The van der Waals surface area contributed by atoms with E-state index in [0.717, 1.165) is 15.7 Å². The molecule has 100 valence electrons. The number of anilines is 1. The lowest BCUT2D eigenvalue weighted by atomic mass is 10.1. The third-order valence-corrected chi connectivity index (χ3v) is 4.67. The number of nitrogens with zero attached hydrogens (tertiary/aromatic N) is 1. The third-order valence-electron chi connectivity index (χ3n) is 2.79. The molecule has 0 aliphatic rings. The summed E-state index contributed by atoms with van der Waals surface area (Å²) in [5, 5.41) is 16.2. The minimum Gasteiger partial charge on any atom is -0.377 e. The Hall–Kier alpha value is -1.15. The van der Waals surface area contributed by atoms with Gasteiger partial charge in [-0.2, -0.15) is 0 Å². The van der Waals surface area contributed by atoms with Crippen molar-refractivity contribution in [3.8, 4) is 0 Å². The molecule has 0 aliphatic carbocycles. The third kappa shape index (κ3) is 3.44. The van der Waals surface area contributed by atoms with E-state index >= 15 is 0 Å². The lowest BCUT2D eigenvalue weighted by molar-refractivity contribution is -0.384. The molecule has 2 rings (SSSR count). The van der Waals surface area contributed by atoms with Crippen LogP contribution in [0.3, 0.4) is 0 Å². The van der Waals surface area contributed by atoms with E-state index in [-0.39, 0.29) is 16.7 Å². The number of hydrogen-bond donors (Lipinski definition) is 1. The molecule has 0 spiro atoms. The summed E-state index contributed by atoms with van der Waals surface area (Å²) < 4.78 is 0.863. The van der Waals surface area contributed by atoms with Gasteiger partial charge in [0.1, 0.15) is 0 Å². The lowest BCUT2D eigenvalue weighted by Crippen LogP contribution is -2.09. The Balaban J connectivity index is 2.21. The maximum Gasteiger partial charge on any atom is 0.270 e. The number of rotatable bonds is 5. The second-order valence-corrected chi connectivity index (χ2v) is 6.18. The van der Waals surface area contributed by atoms with Gasteiger partial charge in [-0.25, -0.2) is 0 Å². The van der Waals surface area contributed by atoms with Crippen LogP contribution in [0, 0.1) is 13.7 Å². The highest BCUT2D eigenvalue weighted by molar-refractivity contribution is 14.1. The van der Waals surface area contributed by atoms with E-state index in [0.29, 0.717) is 0 Å². The lowest BCUT2D eigenvalue weighted by Gasteiger charge is -2.17. The van der Waals surface area contributed by atoms with Gasteiger partial charge in [-0.15, -0.1) is 11.3 Å². The van der Waals surface area contributed by atoms with Crippen LogP contribution in [0.5, 0.6) is 0 Å². The Bertz CT molecular complexity index is 572. The predicted molar refractivity (Wildman–Crippen MR) is 86.8 cm³/mol. The summed E-state index contributed by atoms with van der Waals surface area (Å²) in [5.74, 6) is 0. The van der Waals surface area contributed by atoms with Crippen LogP contribution in [0.15, 0.2) is 35.7 Å². The molecule has 1 heterocycles. The van der Waals surface area contributed by atoms with Gasteiger partial charge in [-0.1, -0.05) is 13.0 Å². The summed E-state index contributed by atoms with van der Waals surface area (Å²) in [6.45, 7) is 2.12. The fraction of sp³-hybridized carbons (Fsp3) is 0.231. The summed E-state index contributed by atoms with van der Waals surface area (Å²) in [7, 11) is 0. The molecule has 1 N–H and O–H groups in total. The highest BCUT2D eigenvalue weighted by Crippen LogP contribution is 2.30. The first kappa shape index (κ1) is 14.3. The molecule has 0 fully saturated rings. The molecule has 6 heteroatoms. The molecule has 1 aromatic heterocycles. The molecular formula is C13H13IN2O2S. The molecular weight excluding hydrogens is 375 g/mol. The van der Waals surface area contributed by atoms with E-state index in [2.05, 4.69) is 46.3 Å². The quantitative estimate of drug-likeness (QED) is 0.454. The molecule has 0 bridgehead atoms. The number of non-ortho nitro benzene ring substituents is 1. The molecule has 1 atom stereocenters. The van der Waals surface area contributed by atoms with Crippen molar-refractivity contribution < 1.29 is 4.92 Å². The van der Waals surface area contributed by atoms with Crippen LogP contribution in [0.25, 0.3) is 0 Å². The van der Waals surface area contributed by atoms with Gasteiger partial charge < -0.3 is 5.32 Å². The van der Waals surface area contributed by atoms with E-state index in [1.807, 2.05) is 6.07 Å². The molecule has 0 saturated carbocycles. The zero-order chi connectivity index (χ0) is 13.8. The molecule has 1 aromatic carbocycles. The molecule has 1 unspecified atom stereocenters. The first-order valence-corrected chi connectivity index (χ1v) is 7.81. The van der Waals surface area contributed by atoms with Crippen LogP contribution in [0.4, 0.5) is 11.4 Å². The van der Waals surface area contributed by atoms with Crippen molar-refractivity contribution in [3.05, 3.63) is 54.3 Å². The predicted octanol–water partition coefficient (Wildman–Crippen LogP) is 4.82. The van der Waals surface area contributed by atoms with Crippen LogP contribution in [0.2, 0.25) is 0 Å². The molecule has 0 aliphatic heterocycles. The standard InChI is InChI=1S/C13H13IN2O2S/c1-2-11(13-4-3-7-19-13)15-12-6-5-9(16(17)18)8-10(12)14/h3-8,11,15H,2H2,1H3. The Morgan fingerprint density at radius 3 is 2.79 bits per heavy atom. The van der Waals surface area contributed by atoms with Crippen molar-refractivity contribution in [1.29, 1.82) is 0 Å². The minimum absolute atomic E-state index is 0.124. The topological polar surface area (TPSA) is 55.2 Å². The van der Waals surface area contributed by atoms with Crippen molar-refractivity contribution in [1.82, 2.24) is 0 Å². The number of benzene rings is 1. The van der Waals surface area contributed by atoms with Crippen LogP contribution in [0.1, 0.15) is 24.3 Å². The summed E-state index contributed by atoms with van der Waals surface area (Å²) in [5.41, 5.74) is 1.06. The number of thiophene rings is 1. The van der Waals surface area contributed by atoms with Gasteiger partial charge in [0.15, 0.2) is 0 Å². The number of nitro groups is 1. The average Bonchev–Trinajstić information content (AvgIpc) is 2.91. The SMILES string of the molecule is CCC(Nc1ccc([N+](=O)[O-])cc1I)c1cccs1. The fourth-order valence-corrected chi connectivity index (χ4v) is 3.30. The first-order chi connectivity index (χ1) is 9.11. The normalized spacial score (nSPS) is 12.1. The van der Waals surface area contributed by atoms with Crippen molar-refractivity contribution >= 4 is 45.3 Å². The summed E-state index contributed by atoms with van der Waals surface area (Å²) in [4.78, 5) is 11.6. The van der Waals surface area contributed by atoms with Crippen LogP contribution < -0.4 is 5.32 Å². The Morgan fingerprint density at radius 2 is 2.26 bits per heavy atom. The van der Waals surface area contributed by atoms with Crippen molar-refractivity contribution in [2.24, 2.45) is 0 Å². The van der Waals surface area contributed by atoms with Crippen molar-refractivity contribution in [3.63, 3.8) is 0 Å². The van der Waals surface area contributed by atoms with Crippen LogP contribution >= 0.6 is 33.9 Å². The van der Waals surface area contributed by atoms with Gasteiger partial charge in [0.25, 0.3) is 5.69 Å². The average molecular weight is 388 g/mol. The molecule has 0 amide bonds. The van der Waals surface area contributed by atoms with Crippen LogP contribution in [-0.2, 0) is 0 Å². The Labute approximate surface area is 129 Å².